The van der Waals surface area contributed by atoms with Gasteiger partial charge in [-0.05, 0) is 26.2 Å². The number of aliphatic imine (C=N–C) groups is 1. The summed E-state index contributed by atoms with van der Waals surface area (Å²) in [7, 11) is 0. The van der Waals surface area contributed by atoms with E-state index in [1.54, 1.807) is 0 Å². The van der Waals surface area contributed by atoms with Crippen LogP contribution in [0.15, 0.2) is 4.99 Å². The summed E-state index contributed by atoms with van der Waals surface area (Å²) in [5, 5.41) is 9.85. The molecule has 6 nitrogen and oxygen atoms in total. The van der Waals surface area contributed by atoms with Crippen LogP contribution >= 0.6 is 0 Å². The number of nitrogens with zero attached hydrogens (tertiary/aromatic N) is 1. The first-order valence-corrected chi connectivity index (χ1v) is 8.98. The third-order valence-electron chi connectivity index (χ3n) is 5.37. The number of hydrogen-bond donors (Lipinski definition) is 3. The smallest absolute Gasteiger partial charge is 0.223 e. The first kappa shape index (κ1) is 16.6. The van der Waals surface area contributed by atoms with Crippen LogP contribution in [0.2, 0.25) is 0 Å². The minimum Gasteiger partial charge on any atom is -0.377 e. The Bertz CT molecular complexity index is 473. The zero-order valence-corrected chi connectivity index (χ0v) is 14.5. The molecule has 3 atom stereocenters. The van der Waals surface area contributed by atoms with Crippen LogP contribution in [0.3, 0.4) is 0 Å². The minimum absolute atomic E-state index is 0.136. The Hall–Kier alpha value is -1.30. The number of amides is 1. The first-order valence-electron chi connectivity index (χ1n) is 8.98. The van der Waals surface area contributed by atoms with Gasteiger partial charge in [-0.25, -0.2) is 0 Å². The number of fused-ring (bicyclic) bond motifs is 1. The number of ether oxygens (including phenoxy) is 1. The molecule has 1 saturated heterocycles. The van der Waals surface area contributed by atoms with E-state index in [-0.39, 0.29) is 17.2 Å². The maximum atomic E-state index is 11.6. The lowest BCUT2D eigenvalue weighted by molar-refractivity contribution is -0.122. The molecule has 0 aromatic heterocycles. The highest BCUT2D eigenvalue weighted by Crippen LogP contribution is 2.52. The third-order valence-corrected chi connectivity index (χ3v) is 5.37. The predicted octanol–water partition coefficient (Wildman–Crippen LogP) is 0.881. The van der Waals surface area contributed by atoms with Crippen molar-refractivity contribution < 1.29 is 9.53 Å². The fourth-order valence-electron chi connectivity index (χ4n) is 3.92. The standard InChI is InChI=1S/C17H30N4O2/c1-4-18-16(20-9-8-19-15(22)11-5-6-11)21-13-12-7-10-23-14(12)17(13,2)3/h11-14H,4-10H2,1-3H3,(H,19,22)(H2,18,20,21). The van der Waals surface area contributed by atoms with Crippen LogP contribution in [-0.2, 0) is 9.53 Å². The molecule has 1 heterocycles. The van der Waals surface area contributed by atoms with E-state index in [0.29, 0.717) is 31.2 Å². The van der Waals surface area contributed by atoms with Crippen molar-refractivity contribution in [2.24, 2.45) is 22.2 Å². The summed E-state index contributed by atoms with van der Waals surface area (Å²) in [4.78, 5) is 16.2. The van der Waals surface area contributed by atoms with Gasteiger partial charge in [0, 0.05) is 43.0 Å². The second-order valence-corrected chi connectivity index (χ2v) is 7.51. The van der Waals surface area contributed by atoms with Crippen molar-refractivity contribution in [3.05, 3.63) is 0 Å². The van der Waals surface area contributed by atoms with Gasteiger partial charge in [0.05, 0.1) is 12.6 Å². The highest BCUT2D eigenvalue weighted by atomic mass is 16.5. The van der Waals surface area contributed by atoms with Gasteiger partial charge in [0.2, 0.25) is 5.91 Å². The number of nitrogens with one attached hydrogen (secondary N) is 3. The molecule has 1 aliphatic heterocycles. The summed E-state index contributed by atoms with van der Waals surface area (Å²) < 4.78 is 5.84. The van der Waals surface area contributed by atoms with Crippen molar-refractivity contribution in [1.29, 1.82) is 0 Å². The van der Waals surface area contributed by atoms with E-state index >= 15 is 0 Å². The second-order valence-electron chi connectivity index (χ2n) is 7.51. The van der Waals surface area contributed by atoms with Crippen LogP contribution in [0.5, 0.6) is 0 Å². The van der Waals surface area contributed by atoms with Crippen LogP contribution in [0.25, 0.3) is 0 Å². The molecule has 0 bridgehead atoms. The van der Waals surface area contributed by atoms with Crippen molar-refractivity contribution in [3.63, 3.8) is 0 Å². The van der Waals surface area contributed by atoms with E-state index in [1.807, 2.05) is 0 Å². The number of carbonyl (C=O) groups is 1. The Morgan fingerprint density at radius 3 is 2.74 bits per heavy atom. The molecule has 3 rings (SSSR count). The molecule has 3 N–H and O–H groups in total. The zero-order chi connectivity index (χ0) is 16.4. The Morgan fingerprint density at radius 1 is 1.26 bits per heavy atom. The Labute approximate surface area is 138 Å². The van der Waals surface area contributed by atoms with E-state index in [1.165, 1.54) is 0 Å². The van der Waals surface area contributed by atoms with Crippen molar-refractivity contribution >= 4 is 11.9 Å². The largest absolute Gasteiger partial charge is 0.377 e. The SMILES string of the molecule is CCNC(=NCCNC(=O)C1CC1)NC1C2CCOC2C1(C)C. The van der Waals surface area contributed by atoms with Gasteiger partial charge in [-0.1, -0.05) is 13.8 Å². The van der Waals surface area contributed by atoms with Gasteiger partial charge in [-0.2, -0.15) is 0 Å². The highest BCUT2D eigenvalue weighted by molar-refractivity contribution is 5.81. The third kappa shape index (κ3) is 3.47. The minimum atomic E-state index is 0.136. The van der Waals surface area contributed by atoms with Crippen molar-refractivity contribution in [2.45, 2.75) is 52.2 Å². The maximum Gasteiger partial charge on any atom is 0.223 e. The maximum absolute atomic E-state index is 11.6. The molecule has 1 amide bonds. The predicted molar refractivity (Wildman–Crippen MR) is 90.3 cm³/mol. The zero-order valence-electron chi connectivity index (χ0n) is 14.5. The average Bonchev–Trinajstić information content (AvgIpc) is 3.27. The van der Waals surface area contributed by atoms with E-state index in [4.69, 9.17) is 4.74 Å². The molecule has 0 spiro atoms. The van der Waals surface area contributed by atoms with E-state index in [2.05, 4.69) is 41.7 Å². The monoisotopic (exact) mass is 322 g/mol. The molecule has 0 aromatic rings. The van der Waals surface area contributed by atoms with E-state index in [9.17, 15) is 4.79 Å². The van der Waals surface area contributed by atoms with Crippen LogP contribution in [0.1, 0.15) is 40.0 Å². The molecular formula is C17H30N4O2. The first-order chi connectivity index (χ1) is 11.0. The number of carbonyl (C=O) groups excluding carboxylic acids is 1. The fraction of sp³-hybridized carbons (Fsp3) is 0.882. The van der Waals surface area contributed by atoms with E-state index in [0.717, 1.165) is 38.4 Å². The van der Waals surface area contributed by atoms with Gasteiger partial charge in [0.15, 0.2) is 5.96 Å². The second kappa shape index (κ2) is 6.67. The van der Waals surface area contributed by atoms with Crippen molar-refractivity contribution in [3.8, 4) is 0 Å². The van der Waals surface area contributed by atoms with Gasteiger partial charge in [-0.15, -0.1) is 0 Å². The quantitative estimate of drug-likeness (QED) is 0.386. The van der Waals surface area contributed by atoms with Crippen molar-refractivity contribution in [2.75, 3.05) is 26.2 Å². The van der Waals surface area contributed by atoms with Crippen LogP contribution in [-0.4, -0.2) is 50.3 Å². The molecule has 130 valence electrons. The van der Waals surface area contributed by atoms with Gasteiger partial charge < -0.3 is 20.7 Å². The normalized spacial score (nSPS) is 32.0. The molecule has 2 saturated carbocycles. The number of hydrogen-bond acceptors (Lipinski definition) is 3. The summed E-state index contributed by atoms with van der Waals surface area (Å²) in [5.74, 6) is 1.88. The van der Waals surface area contributed by atoms with Crippen LogP contribution in [0, 0.1) is 17.3 Å². The molecule has 2 aliphatic carbocycles. The average molecular weight is 322 g/mol. The highest BCUT2D eigenvalue weighted by Gasteiger charge is 2.59. The Morgan fingerprint density at radius 2 is 2.04 bits per heavy atom. The fourth-order valence-corrected chi connectivity index (χ4v) is 3.92. The molecular weight excluding hydrogens is 292 g/mol. The van der Waals surface area contributed by atoms with Crippen LogP contribution in [0.4, 0.5) is 0 Å². The molecule has 23 heavy (non-hydrogen) atoms. The van der Waals surface area contributed by atoms with Gasteiger partial charge in [-0.3, -0.25) is 9.79 Å². The van der Waals surface area contributed by atoms with Gasteiger partial charge in [0.1, 0.15) is 0 Å². The lowest BCUT2D eigenvalue weighted by Crippen LogP contribution is -2.68. The summed E-state index contributed by atoms with van der Waals surface area (Å²) in [6, 6.07) is 0.397. The molecule has 0 aromatic carbocycles. The molecule has 3 fully saturated rings. The topological polar surface area (TPSA) is 74.8 Å². The number of guanidine groups is 1. The van der Waals surface area contributed by atoms with Crippen molar-refractivity contribution in [1.82, 2.24) is 16.0 Å². The van der Waals surface area contributed by atoms with Gasteiger partial charge >= 0.3 is 0 Å². The molecule has 6 heteroatoms. The lowest BCUT2D eigenvalue weighted by atomic mass is 9.57. The lowest BCUT2D eigenvalue weighted by Gasteiger charge is -2.54. The Balaban J connectivity index is 1.49. The summed E-state index contributed by atoms with van der Waals surface area (Å²) in [6.45, 7) is 9.50. The van der Waals surface area contributed by atoms with Gasteiger partial charge in [0.25, 0.3) is 0 Å². The van der Waals surface area contributed by atoms with E-state index < -0.39 is 0 Å². The summed E-state index contributed by atoms with van der Waals surface area (Å²) in [5.41, 5.74) is 0.136. The molecule has 3 aliphatic rings. The molecule has 3 unspecified atom stereocenters. The number of rotatable bonds is 6. The Kier molecular flexibility index (Phi) is 4.80. The summed E-state index contributed by atoms with van der Waals surface area (Å²) in [6.07, 6.45) is 3.59. The van der Waals surface area contributed by atoms with Crippen LogP contribution < -0.4 is 16.0 Å². The molecule has 0 radical (unpaired) electrons. The summed E-state index contributed by atoms with van der Waals surface area (Å²) >= 11 is 0.